The zero-order valence-electron chi connectivity index (χ0n) is 10.1. The van der Waals surface area contributed by atoms with Crippen molar-refractivity contribution in [2.24, 2.45) is 0 Å². The summed E-state index contributed by atoms with van der Waals surface area (Å²) in [6.45, 7) is 0. The maximum absolute atomic E-state index is 13.1. The van der Waals surface area contributed by atoms with Crippen molar-refractivity contribution in [2.75, 3.05) is 5.32 Å². The van der Waals surface area contributed by atoms with Crippen molar-refractivity contribution in [1.29, 1.82) is 0 Å². The molecule has 0 unspecified atom stereocenters. The van der Waals surface area contributed by atoms with Crippen molar-refractivity contribution in [3.05, 3.63) is 58.3 Å². The van der Waals surface area contributed by atoms with Crippen molar-refractivity contribution >= 4 is 48.5 Å². The van der Waals surface area contributed by atoms with Crippen molar-refractivity contribution in [3.63, 3.8) is 0 Å². The molecule has 0 radical (unpaired) electrons. The van der Waals surface area contributed by atoms with Gasteiger partial charge in [0.25, 0.3) is 5.91 Å². The smallest absolute Gasteiger partial charge is 0.257 e. The third-order valence-corrected chi connectivity index (χ3v) is 4.08. The molecule has 0 saturated carbocycles. The molecule has 3 rings (SSSR count). The number of amides is 1. The van der Waals surface area contributed by atoms with E-state index in [1.165, 1.54) is 23.5 Å². The maximum atomic E-state index is 13.1. The first-order valence-electron chi connectivity index (χ1n) is 5.75. The van der Waals surface area contributed by atoms with E-state index in [9.17, 15) is 9.18 Å². The molecule has 0 atom stereocenters. The van der Waals surface area contributed by atoms with Gasteiger partial charge in [0.15, 0.2) is 5.13 Å². The fourth-order valence-corrected chi connectivity index (χ4v) is 3.04. The standard InChI is InChI=1S/C14H8BrFN2OS/c15-9-3-1-2-8(6-9)13(19)18-14-17-11-5-4-10(16)7-12(11)20-14/h1-7H,(H,17,18,19). The number of hydrogen-bond acceptors (Lipinski definition) is 3. The summed E-state index contributed by atoms with van der Waals surface area (Å²) in [5, 5.41) is 3.17. The summed E-state index contributed by atoms with van der Waals surface area (Å²) in [5.74, 6) is -0.558. The Morgan fingerprint density at radius 3 is 2.90 bits per heavy atom. The van der Waals surface area contributed by atoms with Gasteiger partial charge in [-0.05, 0) is 36.4 Å². The van der Waals surface area contributed by atoms with Crippen LogP contribution in [0.4, 0.5) is 9.52 Å². The van der Waals surface area contributed by atoms with Gasteiger partial charge >= 0.3 is 0 Å². The molecule has 1 amide bonds. The lowest BCUT2D eigenvalue weighted by molar-refractivity contribution is 0.102. The van der Waals surface area contributed by atoms with E-state index in [4.69, 9.17) is 0 Å². The molecular weight excluding hydrogens is 343 g/mol. The molecule has 1 N–H and O–H groups in total. The van der Waals surface area contributed by atoms with Crippen LogP contribution in [0.25, 0.3) is 10.2 Å². The molecule has 0 aliphatic heterocycles. The minimum Gasteiger partial charge on any atom is -0.298 e. The van der Waals surface area contributed by atoms with Gasteiger partial charge in [-0.1, -0.05) is 33.3 Å². The fraction of sp³-hybridized carbons (Fsp3) is 0. The zero-order valence-corrected chi connectivity index (χ0v) is 12.5. The van der Waals surface area contributed by atoms with Gasteiger partial charge in [0.1, 0.15) is 5.82 Å². The molecule has 1 heterocycles. The molecule has 1 aromatic heterocycles. The average molecular weight is 351 g/mol. The van der Waals surface area contributed by atoms with E-state index in [-0.39, 0.29) is 11.7 Å². The van der Waals surface area contributed by atoms with Crippen LogP contribution in [0, 0.1) is 5.82 Å². The number of carbonyl (C=O) groups excluding carboxylic acids is 1. The van der Waals surface area contributed by atoms with E-state index in [2.05, 4.69) is 26.2 Å². The highest BCUT2D eigenvalue weighted by Gasteiger charge is 2.10. The molecule has 6 heteroatoms. The van der Waals surface area contributed by atoms with E-state index in [1.54, 1.807) is 24.3 Å². The van der Waals surface area contributed by atoms with Crippen molar-refractivity contribution in [1.82, 2.24) is 4.98 Å². The molecule has 3 aromatic rings. The topological polar surface area (TPSA) is 42.0 Å². The number of fused-ring (bicyclic) bond motifs is 1. The number of anilines is 1. The monoisotopic (exact) mass is 350 g/mol. The minimum atomic E-state index is -0.314. The number of benzene rings is 2. The van der Waals surface area contributed by atoms with Crippen LogP contribution in [0.5, 0.6) is 0 Å². The van der Waals surface area contributed by atoms with E-state index >= 15 is 0 Å². The number of hydrogen-bond donors (Lipinski definition) is 1. The van der Waals surface area contributed by atoms with Gasteiger partial charge in [0.2, 0.25) is 0 Å². The van der Waals surface area contributed by atoms with E-state index in [1.807, 2.05) is 6.07 Å². The fourth-order valence-electron chi connectivity index (χ4n) is 1.75. The summed E-state index contributed by atoms with van der Waals surface area (Å²) in [7, 11) is 0. The first-order chi connectivity index (χ1) is 9.61. The highest BCUT2D eigenvalue weighted by atomic mass is 79.9. The Kier molecular flexibility index (Phi) is 3.50. The Labute approximate surface area is 126 Å². The Hall–Kier alpha value is -1.79. The van der Waals surface area contributed by atoms with Crippen LogP contribution in [-0.2, 0) is 0 Å². The van der Waals surface area contributed by atoms with Crippen molar-refractivity contribution in [2.45, 2.75) is 0 Å². The first-order valence-corrected chi connectivity index (χ1v) is 7.36. The summed E-state index contributed by atoms with van der Waals surface area (Å²) >= 11 is 4.56. The number of nitrogens with zero attached hydrogens (tertiary/aromatic N) is 1. The second-order valence-corrected chi connectivity index (χ2v) is 6.04. The summed E-state index contributed by atoms with van der Waals surface area (Å²) in [6.07, 6.45) is 0. The van der Waals surface area contributed by atoms with Crippen LogP contribution in [0.15, 0.2) is 46.9 Å². The maximum Gasteiger partial charge on any atom is 0.257 e. The largest absolute Gasteiger partial charge is 0.298 e. The molecule has 0 aliphatic carbocycles. The van der Waals surface area contributed by atoms with Crippen LogP contribution in [0.3, 0.4) is 0 Å². The van der Waals surface area contributed by atoms with Gasteiger partial charge in [0.05, 0.1) is 10.2 Å². The zero-order chi connectivity index (χ0) is 14.1. The van der Waals surface area contributed by atoms with Gasteiger partial charge in [-0.15, -0.1) is 0 Å². The molecular formula is C14H8BrFN2OS. The van der Waals surface area contributed by atoms with E-state index in [0.717, 1.165) is 4.47 Å². The normalized spacial score (nSPS) is 10.7. The lowest BCUT2D eigenvalue weighted by Crippen LogP contribution is -2.11. The van der Waals surface area contributed by atoms with Crippen LogP contribution >= 0.6 is 27.3 Å². The minimum absolute atomic E-state index is 0.245. The van der Waals surface area contributed by atoms with Crippen molar-refractivity contribution < 1.29 is 9.18 Å². The third kappa shape index (κ3) is 2.71. The Morgan fingerprint density at radius 1 is 1.25 bits per heavy atom. The molecule has 0 bridgehead atoms. The molecule has 0 fully saturated rings. The number of aromatic nitrogens is 1. The first kappa shape index (κ1) is 13.2. The van der Waals surface area contributed by atoms with Gasteiger partial charge in [-0.2, -0.15) is 0 Å². The quantitative estimate of drug-likeness (QED) is 0.741. The number of rotatable bonds is 2. The lowest BCUT2D eigenvalue weighted by atomic mass is 10.2. The Morgan fingerprint density at radius 2 is 2.10 bits per heavy atom. The number of nitrogens with one attached hydrogen (secondary N) is 1. The van der Waals surface area contributed by atoms with Crippen LogP contribution < -0.4 is 5.32 Å². The van der Waals surface area contributed by atoms with E-state index < -0.39 is 0 Å². The Bertz CT molecular complexity index is 803. The van der Waals surface area contributed by atoms with Crippen molar-refractivity contribution in [3.8, 4) is 0 Å². The molecule has 2 aromatic carbocycles. The third-order valence-electron chi connectivity index (χ3n) is 2.66. The molecule has 100 valence electrons. The predicted molar refractivity (Wildman–Crippen MR) is 81.7 cm³/mol. The summed E-state index contributed by atoms with van der Waals surface area (Å²) < 4.78 is 14.6. The average Bonchev–Trinajstić information content (AvgIpc) is 2.80. The number of halogens is 2. The number of carbonyl (C=O) groups is 1. The van der Waals surface area contributed by atoms with Crippen LogP contribution in [0.1, 0.15) is 10.4 Å². The second kappa shape index (κ2) is 5.30. The molecule has 0 aliphatic rings. The van der Waals surface area contributed by atoms with Gasteiger partial charge in [-0.3, -0.25) is 10.1 Å². The summed E-state index contributed by atoms with van der Waals surface area (Å²) in [5.41, 5.74) is 1.20. The summed E-state index contributed by atoms with van der Waals surface area (Å²) in [4.78, 5) is 16.3. The summed E-state index contributed by atoms with van der Waals surface area (Å²) in [6, 6.07) is 11.4. The Balaban J connectivity index is 1.87. The molecule has 0 saturated heterocycles. The van der Waals surface area contributed by atoms with Crippen LogP contribution in [0.2, 0.25) is 0 Å². The lowest BCUT2D eigenvalue weighted by Gasteiger charge is -2.01. The highest BCUT2D eigenvalue weighted by molar-refractivity contribution is 9.10. The predicted octanol–water partition coefficient (Wildman–Crippen LogP) is 4.45. The SMILES string of the molecule is O=C(Nc1nc2ccc(F)cc2s1)c1cccc(Br)c1. The highest BCUT2D eigenvalue weighted by Crippen LogP contribution is 2.27. The molecule has 3 nitrogen and oxygen atoms in total. The molecule has 0 spiro atoms. The van der Waals surface area contributed by atoms with Gasteiger partial charge < -0.3 is 0 Å². The van der Waals surface area contributed by atoms with E-state index in [0.29, 0.717) is 20.9 Å². The number of thiazole rings is 1. The van der Waals surface area contributed by atoms with Gasteiger partial charge in [0, 0.05) is 10.0 Å². The van der Waals surface area contributed by atoms with Gasteiger partial charge in [-0.25, -0.2) is 9.37 Å². The second-order valence-electron chi connectivity index (χ2n) is 4.10. The molecule has 20 heavy (non-hydrogen) atoms. The van der Waals surface area contributed by atoms with Crippen LogP contribution in [-0.4, -0.2) is 10.9 Å².